The summed E-state index contributed by atoms with van der Waals surface area (Å²) >= 11 is 0. The Hall–Kier alpha value is -1.10. The van der Waals surface area contributed by atoms with E-state index in [1.54, 1.807) is 0 Å². The zero-order valence-electron chi connectivity index (χ0n) is 11.0. The molecule has 1 amide bonds. The third-order valence-electron chi connectivity index (χ3n) is 2.44. The molecule has 1 atom stereocenters. The molecule has 100 valence electrons. The first-order chi connectivity index (χ1) is 8.15. The van der Waals surface area contributed by atoms with Crippen LogP contribution in [0.2, 0.25) is 0 Å². The fraction of sp³-hybridized carbons (Fsp3) is 0.833. The molecule has 0 aromatic heterocycles. The average Bonchev–Trinajstić information content (AvgIpc) is 2.32. The van der Waals surface area contributed by atoms with Gasteiger partial charge >= 0.3 is 5.97 Å². The predicted molar refractivity (Wildman–Crippen MR) is 64.6 cm³/mol. The molecule has 0 saturated carbocycles. The summed E-state index contributed by atoms with van der Waals surface area (Å²) in [4.78, 5) is 22.8. The number of methoxy groups -OCH3 is 2. The van der Waals surface area contributed by atoms with Crippen LogP contribution < -0.4 is 5.32 Å². The number of amides is 1. The summed E-state index contributed by atoms with van der Waals surface area (Å²) in [7, 11) is 2.76. The van der Waals surface area contributed by atoms with Gasteiger partial charge in [-0.05, 0) is 6.42 Å². The number of carbonyl (C=O) groups excluding carboxylic acids is 2. The second kappa shape index (κ2) is 10.1. The fourth-order valence-corrected chi connectivity index (χ4v) is 1.53. The van der Waals surface area contributed by atoms with E-state index in [1.807, 2.05) is 0 Å². The highest BCUT2D eigenvalue weighted by Gasteiger charge is 2.20. The van der Waals surface area contributed by atoms with Gasteiger partial charge in [0.2, 0.25) is 5.91 Å². The van der Waals surface area contributed by atoms with Crippen molar-refractivity contribution in [2.24, 2.45) is 0 Å². The quantitative estimate of drug-likeness (QED) is 0.490. The first kappa shape index (κ1) is 15.9. The molecule has 0 aliphatic heterocycles. The molecule has 0 fully saturated rings. The first-order valence-electron chi connectivity index (χ1n) is 6.01. The number of hydrogen-bond acceptors (Lipinski definition) is 4. The molecular formula is C12H23NO4. The minimum atomic E-state index is -0.556. The highest BCUT2D eigenvalue weighted by Crippen LogP contribution is 2.06. The van der Waals surface area contributed by atoms with E-state index in [-0.39, 0.29) is 12.5 Å². The smallest absolute Gasteiger partial charge is 0.328 e. The third-order valence-corrected chi connectivity index (χ3v) is 2.44. The molecule has 5 heteroatoms. The molecule has 0 aromatic carbocycles. The van der Waals surface area contributed by atoms with Gasteiger partial charge in [-0.25, -0.2) is 4.79 Å². The van der Waals surface area contributed by atoms with Gasteiger partial charge in [-0.15, -0.1) is 0 Å². The Kier molecular flexibility index (Phi) is 9.43. The van der Waals surface area contributed by atoms with E-state index in [4.69, 9.17) is 4.74 Å². The molecule has 0 heterocycles. The molecule has 0 rings (SSSR count). The largest absolute Gasteiger partial charge is 0.467 e. The second-order valence-electron chi connectivity index (χ2n) is 3.93. The minimum Gasteiger partial charge on any atom is -0.467 e. The summed E-state index contributed by atoms with van der Waals surface area (Å²) in [5, 5.41) is 2.61. The Morgan fingerprint density at radius 2 is 1.88 bits per heavy atom. The van der Waals surface area contributed by atoms with Crippen LogP contribution in [0.1, 0.15) is 39.0 Å². The molecule has 0 unspecified atom stereocenters. The highest BCUT2D eigenvalue weighted by atomic mass is 16.5. The maximum Gasteiger partial charge on any atom is 0.328 e. The van der Waals surface area contributed by atoms with Crippen LogP contribution in [0.15, 0.2) is 0 Å². The molecular weight excluding hydrogens is 222 g/mol. The van der Waals surface area contributed by atoms with Crippen molar-refractivity contribution in [2.75, 3.05) is 20.8 Å². The molecule has 0 bridgehead atoms. The fourth-order valence-electron chi connectivity index (χ4n) is 1.53. The van der Waals surface area contributed by atoms with E-state index >= 15 is 0 Å². The summed E-state index contributed by atoms with van der Waals surface area (Å²) in [6.07, 6.45) is 4.85. The van der Waals surface area contributed by atoms with Crippen LogP contribution in [0.3, 0.4) is 0 Å². The zero-order chi connectivity index (χ0) is 13.1. The van der Waals surface area contributed by atoms with E-state index < -0.39 is 12.0 Å². The van der Waals surface area contributed by atoms with Crippen molar-refractivity contribution >= 4 is 11.9 Å². The topological polar surface area (TPSA) is 64.6 Å². The Balaban J connectivity index is 4.05. The first-order valence-corrected chi connectivity index (χ1v) is 6.01. The van der Waals surface area contributed by atoms with Crippen molar-refractivity contribution < 1.29 is 19.1 Å². The number of carbonyl (C=O) groups is 2. The lowest BCUT2D eigenvalue weighted by Gasteiger charge is -2.16. The van der Waals surface area contributed by atoms with E-state index in [1.165, 1.54) is 14.2 Å². The number of nitrogens with one attached hydrogen (secondary N) is 1. The number of esters is 1. The number of ether oxygens (including phenoxy) is 2. The minimum absolute atomic E-state index is 0.0392. The Morgan fingerprint density at radius 1 is 1.18 bits per heavy atom. The van der Waals surface area contributed by atoms with Gasteiger partial charge in [0.25, 0.3) is 0 Å². The second-order valence-corrected chi connectivity index (χ2v) is 3.93. The Morgan fingerprint density at radius 3 is 2.41 bits per heavy atom. The maximum absolute atomic E-state index is 11.4. The average molecular weight is 245 g/mol. The van der Waals surface area contributed by atoms with Crippen molar-refractivity contribution in [3.8, 4) is 0 Å². The van der Waals surface area contributed by atoms with Gasteiger partial charge in [0.1, 0.15) is 12.6 Å². The zero-order valence-corrected chi connectivity index (χ0v) is 11.0. The van der Waals surface area contributed by atoms with Gasteiger partial charge in [0.15, 0.2) is 0 Å². The summed E-state index contributed by atoms with van der Waals surface area (Å²) in [6, 6.07) is -0.556. The van der Waals surface area contributed by atoms with Crippen molar-refractivity contribution in [3.63, 3.8) is 0 Å². The lowest BCUT2D eigenvalue weighted by atomic mass is 10.1. The molecule has 5 nitrogen and oxygen atoms in total. The molecule has 0 radical (unpaired) electrons. The van der Waals surface area contributed by atoms with Crippen LogP contribution in [-0.4, -0.2) is 38.7 Å². The highest BCUT2D eigenvalue weighted by molar-refractivity contribution is 5.84. The Bertz CT molecular complexity index is 231. The summed E-state index contributed by atoms with van der Waals surface area (Å²) < 4.78 is 9.35. The summed E-state index contributed by atoms with van der Waals surface area (Å²) in [6.45, 7) is 2.08. The van der Waals surface area contributed by atoms with E-state index in [9.17, 15) is 9.59 Å². The van der Waals surface area contributed by atoms with E-state index in [2.05, 4.69) is 17.0 Å². The van der Waals surface area contributed by atoms with Crippen molar-refractivity contribution in [1.29, 1.82) is 0 Å². The van der Waals surface area contributed by atoms with Gasteiger partial charge in [-0.2, -0.15) is 0 Å². The maximum atomic E-state index is 11.4. The Labute approximate surface area is 103 Å². The van der Waals surface area contributed by atoms with E-state index in [0.29, 0.717) is 6.42 Å². The predicted octanol–water partition coefficient (Wildman–Crippen LogP) is 1.26. The normalized spacial score (nSPS) is 11.9. The third kappa shape index (κ3) is 7.74. The van der Waals surface area contributed by atoms with Crippen LogP contribution in [0.4, 0.5) is 0 Å². The van der Waals surface area contributed by atoms with Crippen LogP contribution in [0.5, 0.6) is 0 Å². The number of hydrogen-bond donors (Lipinski definition) is 1. The van der Waals surface area contributed by atoms with Gasteiger partial charge < -0.3 is 14.8 Å². The molecule has 0 aliphatic rings. The molecule has 0 saturated heterocycles. The monoisotopic (exact) mass is 245 g/mol. The molecule has 0 aliphatic carbocycles. The van der Waals surface area contributed by atoms with Crippen LogP contribution in [-0.2, 0) is 19.1 Å². The SMILES string of the molecule is CCCCCC[C@H](NC(=O)COC)C(=O)OC. The van der Waals surface area contributed by atoms with Crippen LogP contribution in [0, 0.1) is 0 Å². The van der Waals surface area contributed by atoms with Gasteiger partial charge in [-0.3, -0.25) is 4.79 Å². The van der Waals surface area contributed by atoms with Crippen LogP contribution in [0.25, 0.3) is 0 Å². The lowest BCUT2D eigenvalue weighted by molar-refractivity contribution is -0.145. The van der Waals surface area contributed by atoms with Crippen molar-refractivity contribution in [2.45, 2.75) is 45.1 Å². The molecule has 17 heavy (non-hydrogen) atoms. The summed E-state index contributed by atoms with van der Waals surface area (Å²) in [5.74, 6) is -0.690. The standard InChI is InChI=1S/C12H23NO4/c1-4-5-6-7-8-10(12(15)17-3)13-11(14)9-16-2/h10H,4-9H2,1-3H3,(H,13,14)/t10-/m0/s1. The molecule has 0 aromatic rings. The van der Waals surface area contributed by atoms with Crippen LogP contribution >= 0.6 is 0 Å². The van der Waals surface area contributed by atoms with Crippen molar-refractivity contribution in [3.05, 3.63) is 0 Å². The summed E-state index contributed by atoms with van der Waals surface area (Å²) in [5.41, 5.74) is 0. The molecule has 0 spiro atoms. The van der Waals surface area contributed by atoms with Gasteiger partial charge in [-0.1, -0.05) is 32.6 Å². The van der Waals surface area contributed by atoms with E-state index in [0.717, 1.165) is 25.7 Å². The van der Waals surface area contributed by atoms with Gasteiger partial charge in [0.05, 0.1) is 7.11 Å². The molecule has 1 N–H and O–H groups in total. The lowest BCUT2D eigenvalue weighted by Crippen LogP contribution is -2.43. The number of unbranched alkanes of at least 4 members (excludes halogenated alkanes) is 3. The number of rotatable bonds is 9. The van der Waals surface area contributed by atoms with Crippen molar-refractivity contribution in [1.82, 2.24) is 5.32 Å². The van der Waals surface area contributed by atoms with Gasteiger partial charge in [0, 0.05) is 7.11 Å².